The van der Waals surface area contributed by atoms with E-state index >= 15 is 0 Å². The van der Waals surface area contributed by atoms with Crippen molar-refractivity contribution in [2.24, 2.45) is 0 Å². The van der Waals surface area contributed by atoms with Gasteiger partial charge in [-0.3, -0.25) is 4.79 Å². The maximum absolute atomic E-state index is 12.1. The number of fused-ring (bicyclic) bond motifs is 1. The standard InChI is InChI=1S/C16H17BrN2O3S/c17-10-3-4-12-11(9-10)18-14(23-12)6-5-13(20)19-16(15(21)22)7-1-2-8-16/h3-4,9H,1-2,5-8H2,(H,19,20)(H,21,22). The van der Waals surface area contributed by atoms with Crippen molar-refractivity contribution in [3.05, 3.63) is 27.7 Å². The molecule has 0 saturated heterocycles. The first-order valence-electron chi connectivity index (χ1n) is 7.58. The molecule has 0 aliphatic heterocycles. The molecule has 1 heterocycles. The Labute approximate surface area is 146 Å². The molecule has 0 atom stereocenters. The van der Waals surface area contributed by atoms with E-state index in [1.807, 2.05) is 18.2 Å². The topological polar surface area (TPSA) is 79.3 Å². The van der Waals surface area contributed by atoms with Crippen LogP contribution in [0, 0.1) is 0 Å². The molecule has 1 aromatic heterocycles. The number of halogens is 1. The number of hydrogen-bond donors (Lipinski definition) is 2. The summed E-state index contributed by atoms with van der Waals surface area (Å²) in [7, 11) is 0. The number of carbonyl (C=O) groups excluding carboxylic acids is 1. The molecule has 0 unspecified atom stereocenters. The van der Waals surface area contributed by atoms with Gasteiger partial charge in [0.15, 0.2) is 0 Å². The van der Waals surface area contributed by atoms with Gasteiger partial charge in [-0.15, -0.1) is 11.3 Å². The zero-order valence-corrected chi connectivity index (χ0v) is 14.9. The van der Waals surface area contributed by atoms with Gasteiger partial charge >= 0.3 is 5.97 Å². The molecule has 5 nitrogen and oxygen atoms in total. The fourth-order valence-electron chi connectivity index (χ4n) is 2.98. The Morgan fingerprint density at radius 2 is 2.09 bits per heavy atom. The van der Waals surface area contributed by atoms with Gasteiger partial charge in [-0.2, -0.15) is 0 Å². The van der Waals surface area contributed by atoms with E-state index < -0.39 is 11.5 Å². The van der Waals surface area contributed by atoms with Crippen LogP contribution >= 0.6 is 27.3 Å². The van der Waals surface area contributed by atoms with E-state index in [0.717, 1.165) is 32.5 Å². The number of carboxylic acid groups (broad SMARTS) is 1. The summed E-state index contributed by atoms with van der Waals surface area (Å²) in [6.07, 6.45) is 3.51. The van der Waals surface area contributed by atoms with Crippen LogP contribution in [0.4, 0.5) is 0 Å². The molecule has 1 amide bonds. The lowest BCUT2D eigenvalue weighted by Crippen LogP contribution is -2.52. The highest BCUT2D eigenvalue weighted by molar-refractivity contribution is 9.10. The van der Waals surface area contributed by atoms with E-state index in [1.165, 1.54) is 0 Å². The number of carboxylic acids is 1. The maximum atomic E-state index is 12.1. The third-order valence-electron chi connectivity index (χ3n) is 4.21. The number of aliphatic carboxylic acids is 1. The number of nitrogens with zero attached hydrogens (tertiary/aromatic N) is 1. The van der Waals surface area contributed by atoms with Crippen LogP contribution in [0.2, 0.25) is 0 Å². The number of aromatic nitrogens is 1. The fraction of sp³-hybridized carbons (Fsp3) is 0.438. The predicted molar refractivity (Wildman–Crippen MR) is 92.6 cm³/mol. The Morgan fingerprint density at radius 1 is 1.35 bits per heavy atom. The molecule has 1 aliphatic rings. The summed E-state index contributed by atoms with van der Waals surface area (Å²) in [5.41, 5.74) is -0.146. The van der Waals surface area contributed by atoms with Crippen molar-refractivity contribution < 1.29 is 14.7 Å². The van der Waals surface area contributed by atoms with Gasteiger partial charge in [0.05, 0.1) is 15.2 Å². The number of amides is 1. The van der Waals surface area contributed by atoms with Gasteiger partial charge in [0, 0.05) is 17.3 Å². The summed E-state index contributed by atoms with van der Waals surface area (Å²) in [6, 6.07) is 5.92. The second-order valence-corrected chi connectivity index (χ2v) is 7.89. The number of aryl methyl sites for hydroxylation is 1. The molecule has 7 heteroatoms. The van der Waals surface area contributed by atoms with Crippen LogP contribution in [-0.2, 0) is 16.0 Å². The van der Waals surface area contributed by atoms with Crippen molar-refractivity contribution in [1.82, 2.24) is 10.3 Å². The number of nitrogens with one attached hydrogen (secondary N) is 1. The Balaban J connectivity index is 1.62. The first kappa shape index (κ1) is 16.4. The molecule has 2 N–H and O–H groups in total. The van der Waals surface area contributed by atoms with E-state index in [-0.39, 0.29) is 12.3 Å². The minimum atomic E-state index is -1.06. The smallest absolute Gasteiger partial charge is 0.329 e. The number of rotatable bonds is 5. The Hall–Kier alpha value is -1.47. The number of thiazole rings is 1. The molecular weight excluding hydrogens is 380 g/mol. The second kappa shape index (κ2) is 6.57. The Bertz CT molecular complexity index is 753. The minimum Gasteiger partial charge on any atom is -0.480 e. The van der Waals surface area contributed by atoms with Crippen molar-refractivity contribution >= 4 is 49.4 Å². The van der Waals surface area contributed by atoms with Gasteiger partial charge in [-0.1, -0.05) is 28.8 Å². The quantitative estimate of drug-likeness (QED) is 0.810. The summed E-state index contributed by atoms with van der Waals surface area (Å²) < 4.78 is 2.06. The number of carbonyl (C=O) groups is 2. The van der Waals surface area contributed by atoms with Gasteiger partial charge in [0.25, 0.3) is 0 Å². The highest BCUT2D eigenvalue weighted by atomic mass is 79.9. The van der Waals surface area contributed by atoms with E-state index in [0.29, 0.717) is 19.3 Å². The highest BCUT2D eigenvalue weighted by Crippen LogP contribution is 2.30. The maximum Gasteiger partial charge on any atom is 0.329 e. The molecule has 1 fully saturated rings. The first-order valence-corrected chi connectivity index (χ1v) is 9.19. The van der Waals surface area contributed by atoms with Crippen LogP contribution in [0.3, 0.4) is 0 Å². The van der Waals surface area contributed by atoms with Crippen LogP contribution in [-0.4, -0.2) is 27.5 Å². The van der Waals surface area contributed by atoms with E-state index in [4.69, 9.17) is 0 Å². The predicted octanol–water partition coefficient (Wildman–Crippen LogP) is 3.51. The second-order valence-electron chi connectivity index (χ2n) is 5.86. The summed E-state index contributed by atoms with van der Waals surface area (Å²) in [6.45, 7) is 0. The van der Waals surface area contributed by atoms with Gasteiger partial charge in [-0.25, -0.2) is 9.78 Å². The zero-order valence-electron chi connectivity index (χ0n) is 12.5. The van der Waals surface area contributed by atoms with E-state index in [9.17, 15) is 14.7 Å². The molecule has 0 bridgehead atoms. The Morgan fingerprint density at radius 3 is 2.78 bits per heavy atom. The SMILES string of the molecule is O=C(CCc1nc2cc(Br)ccc2s1)NC1(C(=O)O)CCCC1. The lowest BCUT2D eigenvalue weighted by Gasteiger charge is -2.25. The molecule has 2 aromatic rings. The molecular formula is C16H17BrN2O3S. The molecule has 1 aromatic carbocycles. The zero-order chi connectivity index (χ0) is 16.4. The van der Waals surface area contributed by atoms with Crippen LogP contribution in [0.1, 0.15) is 37.1 Å². The van der Waals surface area contributed by atoms with E-state index in [2.05, 4.69) is 26.2 Å². The van der Waals surface area contributed by atoms with Crippen LogP contribution in [0.15, 0.2) is 22.7 Å². The third kappa shape index (κ3) is 3.55. The van der Waals surface area contributed by atoms with Crippen LogP contribution < -0.4 is 5.32 Å². The third-order valence-corrected chi connectivity index (χ3v) is 5.79. The van der Waals surface area contributed by atoms with Gasteiger partial charge in [0.2, 0.25) is 5.91 Å². The fourth-order valence-corrected chi connectivity index (χ4v) is 4.27. The normalized spacial score (nSPS) is 16.6. The molecule has 122 valence electrons. The van der Waals surface area contributed by atoms with Crippen molar-refractivity contribution in [2.45, 2.75) is 44.1 Å². The molecule has 0 radical (unpaired) electrons. The first-order chi connectivity index (χ1) is 11.0. The molecule has 3 rings (SSSR count). The molecule has 1 aliphatic carbocycles. The minimum absolute atomic E-state index is 0.213. The molecule has 1 saturated carbocycles. The molecule has 23 heavy (non-hydrogen) atoms. The highest BCUT2D eigenvalue weighted by Gasteiger charge is 2.42. The summed E-state index contributed by atoms with van der Waals surface area (Å²) >= 11 is 4.98. The van der Waals surface area contributed by atoms with Gasteiger partial charge < -0.3 is 10.4 Å². The lowest BCUT2D eigenvalue weighted by atomic mass is 9.97. The van der Waals surface area contributed by atoms with Crippen molar-refractivity contribution in [3.63, 3.8) is 0 Å². The monoisotopic (exact) mass is 396 g/mol. The van der Waals surface area contributed by atoms with Crippen molar-refractivity contribution in [3.8, 4) is 0 Å². The number of hydrogen-bond acceptors (Lipinski definition) is 4. The molecule has 0 spiro atoms. The van der Waals surface area contributed by atoms with Crippen molar-refractivity contribution in [2.75, 3.05) is 0 Å². The number of benzene rings is 1. The summed E-state index contributed by atoms with van der Waals surface area (Å²) in [5, 5.41) is 13.0. The van der Waals surface area contributed by atoms with Gasteiger partial charge in [0.1, 0.15) is 5.54 Å². The largest absolute Gasteiger partial charge is 0.480 e. The van der Waals surface area contributed by atoms with Crippen LogP contribution in [0.25, 0.3) is 10.2 Å². The van der Waals surface area contributed by atoms with Crippen LogP contribution in [0.5, 0.6) is 0 Å². The Kier molecular flexibility index (Phi) is 4.68. The summed E-state index contributed by atoms with van der Waals surface area (Å²) in [5.74, 6) is -1.14. The average Bonchev–Trinajstić information content (AvgIpc) is 3.12. The van der Waals surface area contributed by atoms with Gasteiger partial charge in [-0.05, 0) is 31.0 Å². The van der Waals surface area contributed by atoms with Crippen molar-refractivity contribution in [1.29, 1.82) is 0 Å². The van der Waals surface area contributed by atoms with E-state index in [1.54, 1.807) is 11.3 Å². The average molecular weight is 397 g/mol. The summed E-state index contributed by atoms with van der Waals surface area (Å²) in [4.78, 5) is 28.1. The lowest BCUT2D eigenvalue weighted by molar-refractivity contribution is -0.147.